The highest BCUT2D eigenvalue weighted by Crippen LogP contribution is 2.38. The molecule has 35 heavy (non-hydrogen) atoms. The Morgan fingerprint density at radius 2 is 1.57 bits per heavy atom. The number of methoxy groups -OCH3 is 2. The first-order valence-corrected chi connectivity index (χ1v) is 12.8. The molecule has 7 heteroatoms. The van der Waals surface area contributed by atoms with Crippen molar-refractivity contribution in [1.82, 2.24) is 0 Å². The van der Waals surface area contributed by atoms with E-state index in [0.717, 1.165) is 21.3 Å². The van der Waals surface area contributed by atoms with E-state index < -0.39 is 11.4 Å². The van der Waals surface area contributed by atoms with Crippen molar-refractivity contribution in [2.75, 3.05) is 14.2 Å². The predicted octanol–water partition coefficient (Wildman–Crippen LogP) is 6.35. The van der Waals surface area contributed by atoms with Crippen molar-refractivity contribution in [3.63, 3.8) is 0 Å². The molecule has 2 aromatic carbocycles. The van der Waals surface area contributed by atoms with Gasteiger partial charge in [0.2, 0.25) is 0 Å². The first-order chi connectivity index (χ1) is 16.6. The average molecular weight is 550 g/mol. The molecule has 2 aromatic rings. The van der Waals surface area contributed by atoms with Gasteiger partial charge in [0, 0.05) is 10.9 Å². The van der Waals surface area contributed by atoms with Crippen molar-refractivity contribution in [1.29, 1.82) is 0 Å². The van der Waals surface area contributed by atoms with Crippen molar-refractivity contribution in [3.8, 4) is 17.2 Å². The van der Waals surface area contributed by atoms with Crippen LogP contribution >= 0.6 is 15.9 Å². The third-order valence-electron chi connectivity index (χ3n) is 5.75. The molecule has 0 fully saturated rings. The van der Waals surface area contributed by atoms with E-state index in [1.54, 1.807) is 14.0 Å². The molecule has 0 saturated carbocycles. The number of aryl methyl sites for hydroxylation is 1. The van der Waals surface area contributed by atoms with Crippen LogP contribution < -0.4 is 14.2 Å². The molecule has 0 radical (unpaired) electrons. The lowest BCUT2D eigenvalue weighted by atomic mass is 9.72. The highest BCUT2D eigenvalue weighted by molar-refractivity contribution is 9.10. The molecule has 2 rings (SSSR count). The smallest absolute Gasteiger partial charge is 0.319 e. The molecular weight excluding hydrogens is 512 g/mol. The van der Waals surface area contributed by atoms with Crippen LogP contribution in [0.25, 0.3) is 0 Å². The summed E-state index contributed by atoms with van der Waals surface area (Å²) in [5.74, 6) is 1.31. The lowest BCUT2D eigenvalue weighted by Gasteiger charge is -2.30. The Morgan fingerprint density at radius 1 is 0.943 bits per heavy atom. The van der Waals surface area contributed by atoms with Crippen molar-refractivity contribution in [2.45, 2.75) is 72.5 Å². The molecule has 0 amide bonds. The van der Waals surface area contributed by atoms with Crippen LogP contribution in [0, 0.1) is 5.41 Å². The van der Waals surface area contributed by atoms with Crippen LogP contribution in [0.1, 0.15) is 58.6 Å². The lowest BCUT2D eigenvalue weighted by Crippen LogP contribution is -2.42. The van der Waals surface area contributed by atoms with Gasteiger partial charge in [0.1, 0.15) is 16.9 Å². The standard InChI is InChI=1S/C28H37BrO6/c1-8-26(30)28(27(31)33-7,17-20-9-11-22(12-10-20)34-18(2)3)14-13-21-15-25(35-19(4)5)24(32-6)16-23(21)29/h9-12,15-16,18-19H,8,13-14,17H2,1-7H3. The second-order valence-electron chi connectivity index (χ2n) is 9.10. The molecule has 1 atom stereocenters. The third kappa shape index (κ3) is 7.47. The Balaban J connectivity index is 2.42. The van der Waals surface area contributed by atoms with Crippen LogP contribution in [0.5, 0.6) is 17.2 Å². The van der Waals surface area contributed by atoms with E-state index in [-0.39, 0.29) is 30.8 Å². The number of halogens is 1. The topological polar surface area (TPSA) is 71.1 Å². The molecule has 6 nitrogen and oxygen atoms in total. The highest BCUT2D eigenvalue weighted by Gasteiger charge is 2.45. The summed E-state index contributed by atoms with van der Waals surface area (Å²) in [6, 6.07) is 11.3. The number of rotatable bonds is 13. The first kappa shape index (κ1) is 28.7. The van der Waals surface area contributed by atoms with Crippen LogP contribution in [-0.4, -0.2) is 38.2 Å². The van der Waals surface area contributed by atoms with E-state index in [1.807, 2.05) is 64.1 Å². The molecule has 0 N–H and O–H groups in total. The molecule has 0 aliphatic carbocycles. The summed E-state index contributed by atoms with van der Waals surface area (Å²) in [6.07, 6.45) is 1.27. The van der Waals surface area contributed by atoms with Gasteiger partial charge in [-0.2, -0.15) is 0 Å². The Kier molecular flexibility index (Phi) is 10.6. The lowest BCUT2D eigenvalue weighted by molar-refractivity contribution is -0.158. The van der Waals surface area contributed by atoms with Crippen molar-refractivity contribution in [2.24, 2.45) is 5.41 Å². The first-order valence-electron chi connectivity index (χ1n) is 12.0. The number of hydrogen-bond acceptors (Lipinski definition) is 6. The summed E-state index contributed by atoms with van der Waals surface area (Å²) in [4.78, 5) is 26.4. The summed E-state index contributed by atoms with van der Waals surface area (Å²) >= 11 is 3.61. The van der Waals surface area contributed by atoms with Gasteiger partial charge >= 0.3 is 5.97 Å². The Morgan fingerprint density at radius 3 is 2.09 bits per heavy atom. The summed E-state index contributed by atoms with van der Waals surface area (Å²) in [5.41, 5.74) is 0.479. The van der Waals surface area contributed by atoms with E-state index >= 15 is 0 Å². The maximum absolute atomic E-state index is 13.3. The Hall–Kier alpha value is -2.54. The normalized spacial score (nSPS) is 12.9. The molecule has 0 aliphatic rings. The maximum atomic E-state index is 13.3. The molecule has 0 spiro atoms. The molecule has 0 aromatic heterocycles. The fourth-order valence-corrected chi connectivity index (χ4v) is 4.60. The zero-order valence-electron chi connectivity index (χ0n) is 21.8. The molecule has 192 valence electrons. The second kappa shape index (κ2) is 13.0. The van der Waals surface area contributed by atoms with Gasteiger partial charge in [0.05, 0.1) is 26.4 Å². The zero-order chi connectivity index (χ0) is 26.2. The highest BCUT2D eigenvalue weighted by atomic mass is 79.9. The molecule has 0 heterocycles. The van der Waals surface area contributed by atoms with Crippen molar-refractivity contribution < 1.29 is 28.5 Å². The second-order valence-corrected chi connectivity index (χ2v) is 9.95. The molecule has 1 unspecified atom stereocenters. The SMILES string of the molecule is CCC(=O)C(CCc1cc(OC(C)C)c(OC)cc1Br)(Cc1ccc(OC(C)C)cc1)C(=O)OC. The van der Waals surface area contributed by atoms with Gasteiger partial charge in [-0.3, -0.25) is 9.59 Å². The van der Waals surface area contributed by atoms with Gasteiger partial charge in [-0.25, -0.2) is 0 Å². The van der Waals surface area contributed by atoms with Gasteiger partial charge in [-0.05, 0) is 82.3 Å². The Bertz CT molecular complexity index is 981. The van der Waals surface area contributed by atoms with Gasteiger partial charge in [0.25, 0.3) is 0 Å². The summed E-state index contributed by atoms with van der Waals surface area (Å²) < 4.78 is 23.1. The quantitative estimate of drug-likeness (QED) is 0.214. The fourth-order valence-electron chi connectivity index (χ4n) is 4.08. The number of ether oxygens (including phenoxy) is 4. The molecular formula is C28H37BrO6. The minimum absolute atomic E-state index is 0.0311. The van der Waals surface area contributed by atoms with Crippen LogP contribution in [0.4, 0.5) is 0 Å². The number of hydrogen-bond donors (Lipinski definition) is 0. The molecule has 0 aliphatic heterocycles. The van der Waals surface area contributed by atoms with Crippen LogP contribution in [-0.2, 0) is 27.2 Å². The zero-order valence-corrected chi connectivity index (χ0v) is 23.4. The molecule has 0 saturated heterocycles. The van der Waals surface area contributed by atoms with Gasteiger partial charge in [-0.1, -0.05) is 35.0 Å². The minimum Gasteiger partial charge on any atom is -0.493 e. The van der Waals surface area contributed by atoms with E-state index in [0.29, 0.717) is 24.3 Å². The largest absolute Gasteiger partial charge is 0.493 e. The van der Waals surface area contributed by atoms with Crippen LogP contribution in [0.15, 0.2) is 40.9 Å². The minimum atomic E-state index is -1.30. The van der Waals surface area contributed by atoms with Crippen molar-refractivity contribution >= 4 is 27.7 Å². The van der Waals surface area contributed by atoms with Crippen LogP contribution in [0.3, 0.4) is 0 Å². The number of carbonyl (C=O) groups excluding carboxylic acids is 2. The van der Waals surface area contributed by atoms with E-state index in [9.17, 15) is 9.59 Å². The van der Waals surface area contributed by atoms with Gasteiger partial charge in [-0.15, -0.1) is 0 Å². The predicted molar refractivity (Wildman–Crippen MR) is 140 cm³/mol. The fraction of sp³-hybridized carbons (Fsp3) is 0.500. The number of carbonyl (C=O) groups is 2. The number of benzene rings is 2. The van der Waals surface area contributed by atoms with E-state index in [2.05, 4.69) is 15.9 Å². The van der Waals surface area contributed by atoms with E-state index in [4.69, 9.17) is 18.9 Å². The number of Topliss-reactive ketones (excluding diaryl/α,β-unsaturated/α-hetero) is 1. The third-order valence-corrected chi connectivity index (χ3v) is 6.49. The van der Waals surface area contributed by atoms with Gasteiger partial charge < -0.3 is 18.9 Å². The number of ketones is 1. The summed E-state index contributed by atoms with van der Waals surface area (Å²) in [5, 5.41) is 0. The number of esters is 1. The summed E-state index contributed by atoms with van der Waals surface area (Å²) in [6.45, 7) is 9.59. The van der Waals surface area contributed by atoms with Crippen molar-refractivity contribution in [3.05, 3.63) is 52.0 Å². The van der Waals surface area contributed by atoms with Crippen LogP contribution in [0.2, 0.25) is 0 Å². The average Bonchev–Trinajstić information content (AvgIpc) is 2.82. The summed E-state index contributed by atoms with van der Waals surface area (Å²) in [7, 11) is 2.92. The monoisotopic (exact) mass is 548 g/mol. The molecule has 0 bridgehead atoms. The van der Waals surface area contributed by atoms with E-state index in [1.165, 1.54) is 7.11 Å². The van der Waals surface area contributed by atoms with Gasteiger partial charge in [0.15, 0.2) is 11.5 Å². The maximum Gasteiger partial charge on any atom is 0.319 e. The Labute approximate surface area is 217 Å².